The number of halogens is 1. The molecule has 4 aliphatic carbocycles. The van der Waals surface area contributed by atoms with E-state index >= 15 is 0 Å². The van der Waals surface area contributed by atoms with Gasteiger partial charge in [-0.05, 0) is 73.8 Å². The Balaban J connectivity index is 1.33. The number of fused-ring (bicyclic) bond motifs is 5. The van der Waals surface area contributed by atoms with Gasteiger partial charge in [-0.2, -0.15) is 5.10 Å². The minimum Gasteiger partial charge on any atom is -0.350 e. The number of nitrogens with one attached hydrogen (secondary N) is 1. The molecule has 0 saturated heterocycles. The van der Waals surface area contributed by atoms with Crippen LogP contribution >= 0.6 is 22.9 Å². The lowest BCUT2D eigenvalue weighted by Crippen LogP contribution is -2.54. The van der Waals surface area contributed by atoms with Crippen LogP contribution in [0.3, 0.4) is 0 Å². The SMILES string of the molecule is Cc1cc2c(s1)-c1c(c(C(=O)NCC3CCC4CC3C4(C)C)nn1CCCCCCl)C2. The first kappa shape index (κ1) is 21.5. The number of aryl methyl sites for hydroxylation is 2. The molecule has 3 unspecified atom stereocenters. The van der Waals surface area contributed by atoms with E-state index in [4.69, 9.17) is 16.7 Å². The number of alkyl halides is 1. The number of carbonyl (C=O) groups is 1. The zero-order valence-corrected chi connectivity index (χ0v) is 20.5. The van der Waals surface area contributed by atoms with E-state index in [-0.39, 0.29) is 5.91 Å². The molecular formula is C25H34ClN3OS. The highest BCUT2D eigenvalue weighted by molar-refractivity contribution is 7.15. The molecule has 3 atom stereocenters. The van der Waals surface area contributed by atoms with Gasteiger partial charge in [0.2, 0.25) is 0 Å². The van der Waals surface area contributed by atoms with Crippen molar-refractivity contribution < 1.29 is 4.79 Å². The fraction of sp³-hybridized carbons (Fsp3) is 0.680. The maximum absolute atomic E-state index is 13.3. The fourth-order valence-electron chi connectivity index (χ4n) is 6.40. The standard InChI is InChI=1S/C25H34ClN3OS/c1-15-11-17-12-19-21(28-29(10-6-4-5-9-26)22(19)23(17)31-15)24(30)27-14-16-7-8-18-13-20(16)25(18,2)3/h11,16,18,20H,4-10,12-14H2,1-3H3,(H,27,30). The van der Waals surface area contributed by atoms with Crippen LogP contribution in [0.15, 0.2) is 6.07 Å². The number of nitrogens with zero attached hydrogens (tertiary/aromatic N) is 2. The first-order valence-corrected chi connectivity index (χ1v) is 13.3. The predicted octanol–water partition coefficient (Wildman–Crippen LogP) is 6.04. The molecule has 4 nitrogen and oxygen atoms in total. The van der Waals surface area contributed by atoms with Crippen LogP contribution in [0.2, 0.25) is 0 Å². The number of unbranched alkanes of at least 4 members (excludes halogenated alkanes) is 2. The van der Waals surface area contributed by atoms with E-state index in [1.807, 2.05) is 11.3 Å². The molecule has 0 aliphatic heterocycles. The van der Waals surface area contributed by atoms with Crippen molar-refractivity contribution in [2.75, 3.05) is 12.4 Å². The quantitative estimate of drug-likeness (QED) is 0.330. The van der Waals surface area contributed by atoms with Crippen molar-refractivity contribution in [3.05, 3.63) is 27.8 Å². The molecule has 0 radical (unpaired) electrons. The average molecular weight is 460 g/mol. The molecule has 168 valence electrons. The Kier molecular flexibility index (Phi) is 5.71. The first-order valence-electron chi connectivity index (χ1n) is 11.9. The van der Waals surface area contributed by atoms with Gasteiger partial charge in [0.05, 0.1) is 10.6 Å². The minimum absolute atomic E-state index is 0.0156. The van der Waals surface area contributed by atoms with Gasteiger partial charge in [-0.1, -0.05) is 20.3 Å². The molecule has 6 rings (SSSR count). The fourth-order valence-corrected chi connectivity index (χ4v) is 7.70. The maximum atomic E-state index is 13.3. The third kappa shape index (κ3) is 3.66. The molecule has 0 aromatic carbocycles. The van der Waals surface area contributed by atoms with Gasteiger partial charge in [0, 0.05) is 35.8 Å². The third-order valence-electron chi connectivity index (χ3n) is 8.31. The van der Waals surface area contributed by atoms with Crippen LogP contribution in [0.1, 0.15) is 78.9 Å². The van der Waals surface area contributed by atoms with Crippen LogP contribution < -0.4 is 5.32 Å². The Bertz CT molecular complexity index is 989. The van der Waals surface area contributed by atoms with Crippen molar-refractivity contribution in [2.24, 2.45) is 23.2 Å². The molecule has 2 heterocycles. The van der Waals surface area contributed by atoms with Crippen molar-refractivity contribution in [2.45, 2.75) is 72.3 Å². The third-order valence-corrected chi connectivity index (χ3v) is 9.68. The van der Waals surface area contributed by atoms with Gasteiger partial charge in [-0.25, -0.2) is 0 Å². The van der Waals surface area contributed by atoms with Crippen molar-refractivity contribution in [1.82, 2.24) is 15.1 Å². The monoisotopic (exact) mass is 459 g/mol. The van der Waals surface area contributed by atoms with Gasteiger partial charge in [-0.15, -0.1) is 22.9 Å². The summed E-state index contributed by atoms with van der Waals surface area (Å²) in [6.45, 7) is 8.63. The summed E-state index contributed by atoms with van der Waals surface area (Å²) in [5.74, 6) is 2.98. The van der Waals surface area contributed by atoms with E-state index in [0.29, 0.717) is 22.9 Å². The Morgan fingerprint density at radius 2 is 2.16 bits per heavy atom. The van der Waals surface area contributed by atoms with Gasteiger partial charge in [0.1, 0.15) is 0 Å². The smallest absolute Gasteiger partial charge is 0.272 e. The second kappa shape index (κ2) is 8.22. The number of carbonyl (C=O) groups excluding carboxylic acids is 1. The number of hydrogen-bond donors (Lipinski definition) is 1. The number of aromatic nitrogens is 2. The van der Waals surface area contributed by atoms with E-state index in [1.54, 1.807) is 0 Å². The van der Waals surface area contributed by atoms with E-state index in [9.17, 15) is 4.79 Å². The highest BCUT2D eigenvalue weighted by Crippen LogP contribution is 2.61. The molecule has 6 heteroatoms. The lowest BCUT2D eigenvalue weighted by Gasteiger charge is -2.60. The average Bonchev–Trinajstić information content (AvgIpc) is 3.38. The summed E-state index contributed by atoms with van der Waals surface area (Å²) in [6, 6.07) is 2.27. The Morgan fingerprint density at radius 3 is 2.90 bits per heavy atom. The van der Waals surface area contributed by atoms with Gasteiger partial charge in [-0.3, -0.25) is 9.48 Å². The Morgan fingerprint density at radius 1 is 1.32 bits per heavy atom. The molecule has 3 saturated carbocycles. The van der Waals surface area contributed by atoms with Gasteiger partial charge in [0.15, 0.2) is 5.69 Å². The molecule has 0 spiro atoms. The molecule has 4 aliphatic rings. The zero-order chi connectivity index (χ0) is 21.8. The van der Waals surface area contributed by atoms with Crippen molar-refractivity contribution in [1.29, 1.82) is 0 Å². The van der Waals surface area contributed by atoms with E-state index < -0.39 is 0 Å². The normalized spacial score (nSPS) is 25.1. The number of amides is 1. The topological polar surface area (TPSA) is 46.9 Å². The van der Waals surface area contributed by atoms with E-state index in [2.05, 4.69) is 36.8 Å². The highest BCUT2D eigenvalue weighted by atomic mass is 35.5. The second-order valence-electron chi connectivity index (χ2n) is 10.4. The second-order valence-corrected chi connectivity index (χ2v) is 12.1. The summed E-state index contributed by atoms with van der Waals surface area (Å²) in [7, 11) is 0. The number of hydrogen-bond acceptors (Lipinski definition) is 3. The van der Waals surface area contributed by atoms with Crippen LogP contribution in [-0.2, 0) is 13.0 Å². The van der Waals surface area contributed by atoms with Crippen LogP contribution in [0.25, 0.3) is 10.6 Å². The molecule has 3 fully saturated rings. The molecule has 2 bridgehead atoms. The molecule has 2 aromatic heterocycles. The summed E-state index contributed by atoms with van der Waals surface area (Å²) in [6.07, 6.45) is 7.91. The van der Waals surface area contributed by atoms with Crippen LogP contribution in [0.5, 0.6) is 0 Å². The lowest BCUT2D eigenvalue weighted by molar-refractivity contribution is -0.103. The lowest BCUT2D eigenvalue weighted by atomic mass is 9.45. The highest BCUT2D eigenvalue weighted by Gasteiger charge is 2.54. The molecule has 1 N–H and O–H groups in total. The van der Waals surface area contributed by atoms with E-state index in [0.717, 1.165) is 56.2 Å². The largest absolute Gasteiger partial charge is 0.350 e. The molecule has 1 amide bonds. The van der Waals surface area contributed by atoms with Crippen LogP contribution in [0.4, 0.5) is 0 Å². The summed E-state index contributed by atoms with van der Waals surface area (Å²) >= 11 is 7.68. The van der Waals surface area contributed by atoms with Gasteiger partial charge >= 0.3 is 0 Å². The zero-order valence-electron chi connectivity index (χ0n) is 19.0. The Labute approximate surface area is 194 Å². The summed E-state index contributed by atoms with van der Waals surface area (Å²) in [5, 5.41) is 8.12. The predicted molar refractivity (Wildman–Crippen MR) is 128 cm³/mol. The minimum atomic E-state index is 0.0156. The molecular weight excluding hydrogens is 426 g/mol. The van der Waals surface area contributed by atoms with Crippen molar-refractivity contribution in [3.8, 4) is 10.6 Å². The van der Waals surface area contributed by atoms with Crippen molar-refractivity contribution >= 4 is 28.8 Å². The number of rotatable bonds is 8. The van der Waals surface area contributed by atoms with Gasteiger partial charge in [0.25, 0.3) is 5.91 Å². The molecule has 2 aromatic rings. The first-order chi connectivity index (χ1) is 14.9. The van der Waals surface area contributed by atoms with Crippen LogP contribution in [-0.4, -0.2) is 28.1 Å². The van der Waals surface area contributed by atoms with Crippen molar-refractivity contribution in [3.63, 3.8) is 0 Å². The van der Waals surface area contributed by atoms with Gasteiger partial charge < -0.3 is 5.32 Å². The number of thiophene rings is 1. The van der Waals surface area contributed by atoms with E-state index in [1.165, 1.54) is 40.3 Å². The molecule has 31 heavy (non-hydrogen) atoms. The summed E-state index contributed by atoms with van der Waals surface area (Å²) < 4.78 is 2.10. The maximum Gasteiger partial charge on any atom is 0.272 e. The van der Waals surface area contributed by atoms with Crippen LogP contribution in [0, 0.1) is 30.1 Å². The Hall–Kier alpha value is -1.33. The summed E-state index contributed by atoms with van der Waals surface area (Å²) in [5.41, 5.74) is 4.77. The summed E-state index contributed by atoms with van der Waals surface area (Å²) in [4.78, 5) is 15.9.